The van der Waals surface area contributed by atoms with Crippen LogP contribution in [0.25, 0.3) is 0 Å². The van der Waals surface area contributed by atoms with E-state index in [9.17, 15) is 9.90 Å². The second-order valence-corrected chi connectivity index (χ2v) is 5.01. The zero-order valence-electron chi connectivity index (χ0n) is 10.6. The van der Waals surface area contributed by atoms with E-state index in [0.29, 0.717) is 10.8 Å². The number of nitrogens with one attached hydrogen (secondary N) is 1. The third-order valence-corrected chi connectivity index (χ3v) is 3.52. The standard InChI is InChI=1S/C12H14N4O2S/c1-8-5-9(3-4-10(8)17)14-11(18)6-19-12-15-13-7-16(12)2/h3-5,7,17H,6H2,1-2H3,(H,14,18). The fourth-order valence-corrected chi connectivity index (χ4v) is 2.15. The monoisotopic (exact) mass is 278 g/mol. The van der Waals surface area contributed by atoms with Crippen LogP contribution in [0.5, 0.6) is 5.75 Å². The average Bonchev–Trinajstić information content (AvgIpc) is 2.77. The van der Waals surface area contributed by atoms with Gasteiger partial charge < -0.3 is 15.0 Å². The molecule has 6 nitrogen and oxygen atoms in total. The van der Waals surface area contributed by atoms with Gasteiger partial charge >= 0.3 is 0 Å². The predicted octanol–water partition coefficient (Wildman–Crippen LogP) is 1.56. The minimum Gasteiger partial charge on any atom is -0.508 e. The topological polar surface area (TPSA) is 80.0 Å². The predicted molar refractivity (Wildman–Crippen MR) is 73.2 cm³/mol. The van der Waals surface area contributed by atoms with Crippen LogP contribution in [0, 0.1) is 6.92 Å². The van der Waals surface area contributed by atoms with Gasteiger partial charge in [0.25, 0.3) is 0 Å². The number of rotatable bonds is 4. The molecule has 0 aliphatic rings. The van der Waals surface area contributed by atoms with Gasteiger partial charge in [-0.15, -0.1) is 10.2 Å². The second-order valence-electron chi connectivity index (χ2n) is 4.06. The number of benzene rings is 1. The van der Waals surface area contributed by atoms with E-state index in [1.165, 1.54) is 11.8 Å². The zero-order valence-corrected chi connectivity index (χ0v) is 11.4. The van der Waals surface area contributed by atoms with Crippen molar-refractivity contribution in [3.63, 3.8) is 0 Å². The van der Waals surface area contributed by atoms with E-state index in [-0.39, 0.29) is 17.4 Å². The molecule has 2 N–H and O–H groups in total. The lowest BCUT2D eigenvalue weighted by atomic mass is 10.2. The Bertz CT molecular complexity index is 597. The Morgan fingerprint density at radius 1 is 1.53 bits per heavy atom. The van der Waals surface area contributed by atoms with Crippen LogP contribution in [0.4, 0.5) is 5.69 Å². The summed E-state index contributed by atoms with van der Waals surface area (Å²) in [4.78, 5) is 11.8. The summed E-state index contributed by atoms with van der Waals surface area (Å²) < 4.78 is 1.75. The lowest BCUT2D eigenvalue weighted by Crippen LogP contribution is -2.14. The fraction of sp³-hybridized carbons (Fsp3) is 0.250. The minimum atomic E-state index is -0.127. The number of aryl methyl sites for hydroxylation is 2. The number of nitrogens with zero attached hydrogens (tertiary/aromatic N) is 3. The van der Waals surface area contributed by atoms with E-state index in [0.717, 1.165) is 5.56 Å². The molecule has 0 unspecified atom stereocenters. The number of amides is 1. The van der Waals surface area contributed by atoms with Gasteiger partial charge in [-0.1, -0.05) is 11.8 Å². The number of carbonyl (C=O) groups excluding carboxylic acids is 1. The third kappa shape index (κ3) is 3.47. The smallest absolute Gasteiger partial charge is 0.234 e. The van der Waals surface area contributed by atoms with Crippen molar-refractivity contribution in [2.24, 2.45) is 7.05 Å². The molecule has 0 saturated carbocycles. The largest absolute Gasteiger partial charge is 0.508 e. The summed E-state index contributed by atoms with van der Waals surface area (Å²) in [6.07, 6.45) is 1.59. The van der Waals surface area contributed by atoms with Crippen LogP contribution >= 0.6 is 11.8 Å². The normalized spacial score (nSPS) is 10.4. The van der Waals surface area contributed by atoms with Crippen molar-refractivity contribution in [3.05, 3.63) is 30.1 Å². The maximum Gasteiger partial charge on any atom is 0.234 e. The highest BCUT2D eigenvalue weighted by Crippen LogP contribution is 2.20. The first kappa shape index (κ1) is 13.4. The maximum atomic E-state index is 11.8. The number of phenols is 1. The van der Waals surface area contributed by atoms with Gasteiger partial charge in [-0.3, -0.25) is 4.79 Å². The van der Waals surface area contributed by atoms with Crippen LogP contribution in [0.15, 0.2) is 29.7 Å². The molecule has 0 spiro atoms. The van der Waals surface area contributed by atoms with Crippen LogP contribution in [-0.2, 0) is 11.8 Å². The zero-order chi connectivity index (χ0) is 13.8. The summed E-state index contributed by atoms with van der Waals surface area (Å²) >= 11 is 1.32. The summed E-state index contributed by atoms with van der Waals surface area (Å²) in [6.45, 7) is 1.78. The van der Waals surface area contributed by atoms with Crippen LogP contribution < -0.4 is 5.32 Å². The molecule has 1 aromatic carbocycles. The summed E-state index contributed by atoms with van der Waals surface area (Å²) in [7, 11) is 1.82. The summed E-state index contributed by atoms with van der Waals surface area (Å²) in [5.74, 6) is 0.344. The molecular weight excluding hydrogens is 264 g/mol. The molecule has 2 rings (SSSR count). The lowest BCUT2D eigenvalue weighted by molar-refractivity contribution is -0.113. The molecule has 0 atom stereocenters. The van der Waals surface area contributed by atoms with E-state index in [1.807, 2.05) is 7.05 Å². The van der Waals surface area contributed by atoms with Gasteiger partial charge in [0.05, 0.1) is 5.75 Å². The molecule has 100 valence electrons. The number of carbonyl (C=O) groups is 1. The highest BCUT2D eigenvalue weighted by atomic mass is 32.2. The fourth-order valence-electron chi connectivity index (χ4n) is 1.46. The first-order chi connectivity index (χ1) is 9.06. The number of aromatic nitrogens is 3. The highest BCUT2D eigenvalue weighted by Gasteiger charge is 2.07. The number of aromatic hydroxyl groups is 1. The first-order valence-electron chi connectivity index (χ1n) is 5.62. The molecule has 0 bridgehead atoms. The first-order valence-corrected chi connectivity index (χ1v) is 6.61. The van der Waals surface area contributed by atoms with Crippen molar-refractivity contribution in [1.82, 2.24) is 14.8 Å². The summed E-state index contributed by atoms with van der Waals surface area (Å²) in [6, 6.07) is 4.94. The van der Waals surface area contributed by atoms with Crippen LogP contribution in [-0.4, -0.2) is 31.5 Å². The maximum absolute atomic E-state index is 11.8. The van der Waals surface area contributed by atoms with Crippen molar-refractivity contribution in [1.29, 1.82) is 0 Å². The van der Waals surface area contributed by atoms with Gasteiger partial charge in [-0.2, -0.15) is 0 Å². The molecule has 1 aromatic heterocycles. The molecule has 19 heavy (non-hydrogen) atoms. The minimum absolute atomic E-state index is 0.127. The molecule has 0 fully saturated rings. The van der Waals surface area contributed by atoms with E-state index in [4.69, 9.17) is 0 Å². The van der Waals surface area contributed by atoms with Gasteiger partial charge in [0.1, 0.15) is 12.1 Å². The Morgan fingerprint density at radius 3 is 2.95 bits per heavy atom. The summed E-state index contributed by atoms with van der Waals surface area (Å²) in [5.41, 5.74) is 1.39. The van der Waals surface area contributed by atoms with Gasteiger partial charge in [-0.05, 0) is 30.7 Å². The second kappa shape index (κ2) is 5.75. The van der Waals surface area contributed by atoms with E-state index in [1.54, 1.807) is 36.0 Å². The van der Waals surface area contributed by atoms with Crippen molar-refractivity contribution < 1.29 is 9.90 Å². The van der Waals surface area contributed by atoms with Crippen LogP contribution in [0.1, 0.15) is 5.56 Å². The lowest BCUT2D eigenvalue weighted by Gasteiger charge is -2.06. The number of hydrogen-bond acceptors (Lipinski definition) is 5. The number of anilines is 1. The average molecular weight is 278 g/mol. The Balaban J connectivity index is 1.91. The van der Waals surface area contributed by atoms with E-state index in [2.05, 4.69) is 15.5 Å². The Kier molecular flexibility index (Phi) is 4.06. The molecule has 0 saturated heterocycles. The number of phenolic OH excluding ortho intramolecular Hbond substituents is 1. The molecule has 0 radical (unpaired) electrons. The Labute approximate surface area is 114 Å². The molecule has 0 aliphatic carbocycles. The highest BCUT2D eigenvalue weighted by molar-refractivity contribution is 7.99. The molecule has 1 heterocycles. The molecule has 7 heteroatoms. The molecule has 0 aliphatic heterocycles. The number of thioether (sulfide) groups is 1. The third-order valence-electron chi connectivity index (χ3n) is 2.48. The van der Waals surface area contributed by atoms with Crippen molar-refractivity contribution in [2.75, 3.05) is 11.1 Å². The van der Waals surface area contributed by atoms with Crippen LogP contribution in [0.2, 0.25) is 0 Å². The van der Waals surface area contributed by atoms with E-state index >= 15 is 0 Å². The van der Waals surface area contributed by atoms with Crippen molar-refractivity contribution >= 4 is 23.4 Å². The number of hydrogen-bond donors (Lipinski definition) is 2. The Hall–Kier alpha value is -2.02. The van der Waals surface area contributed by atoms with Gasteiger partial charge in [0, 0.05) is 12.7 Å². The van der Waals surface area contributed by atoms with Gasteiger partial charge in [-0.25, -0.2) is 0 Å². The van der Waals surface area contributed by atoms with Gasteiger partial charge in [0.15, 0.2) is 5.16 Å². The Morgan fingerprint density at radius 2 is 2.32 bits per heavy atom. The quantitative estimate of drug-likeness (QED) is 0.655. The van der Waals surface area contributed by atoms with Crippen molar-refractivity contribution in [3.8, 4) is 5.75 Å². The van der Waals surface area contributed by atoms with Crippen molar-refractivity contribution in [2.45, 2.75) is 12.1 Å². The molecule has 1 amide bonds. The SMILES string of the molecule is Cc1cc(NC(=O)CSc2nncn2C)ccc1O. The van der Waals surface area contributed by atoms with Gasteiger partial charge in [0.2, 0.25) is 5.91 Å². The molecular formula is C12H14N4O2S. The van der Waals surface area contributed by atoms with Crippen LogP contribution in [0.3, 0.4) is 0 Å². The van der Waals surface area contributed by atoms with E-state index < -0.39 is 0 Å². The summed E-state index contributed by atoms with van der Waals surface area (Å²) in [5, 5.41) is 20.5. The molecule has 2 aromatic rings.